The van der Waals surface area contributed by atoms with Crippen LogP contribution in [0, 0.1) is 11.3 Å². The zero-order chi connectivity index (χ0) is 13.9. The average molecular weight is 266 g/mol. The molecule has 112 valence electrons. The van der Waals surface area contributed by atoms with Crippen LogP contribution >= 0.6 is 0 Å². The molecule has 3 unspecified atom stereocenters. The molecule has 2 rings (SSSR count). The zero-order valence-electron chi connectivity index (χ0n) is 13.5. The Bertz CT molecular complexity index is 274. The normalized spacial score (nSPS) is 35.7. The average Bonchev–Trinajstić information content (AvgIpc) is 2.76. The summed E-state index contributed by atoms with van der Waals surface area (Å²) in [7, 11) is 0. The lowest BCUT2D eigenvalue weighted by molar-refractivity contribution is 0.108. The van der Waals surface area contributed by atoms with E-state index in [-0.39, 0.29) is 0 Å². The highest BCUT2D eigenvalue weighted by molar-refractivity contribution is 4.95. The molecule has 1 aliphatic carbocycles. The summed E-state index contributed by atoms with van der Waals surface area (Å²) in [5, 5.41) is 3.83. The second-order valence-corrected chi connectivity index (χ2v) is 7.60. The van der Waals surface area contributed by atoms with Crippen molar-refractivity contribution in [2.75, 3.05) is 19.6 Å². The monoisotopic (exact) mass is 266 g/mol. The van der Waals surface area contributed by atoms with Gasteiger partial charge in [0.25, 0.3) is 0 Å². The highest BCUT2D eigenvalue weighted by atomic mass is 15.2. The summed E-state index contributed by atoms with van der Waals surface area (Å²) in [5.41, 5.74) is 0.536. The van der Waals surface area contributed by atoms with E-state index in [4.69, 9.17) is 0 Å². The first-order valence-corrected chi connectivity index (χ1v) is 8.53. The molecule has 2 nitrogen and oxygen atoms in total. The number of rotatable bonds is 5. The molecule has 0 aromatic carbocycles. The summed E-state index contributed by atoms with van der Waals surface area (Å²) in [6, 6.07) is 1.55. The smallest absolute Gasteiger partial charge is 0.0252 e. The number of likely N-dealkylation sites (tertiary alicyclic amines) is 1. The van der Waals surface area contributed by atoms with Crippen LogP contribution in [0.4, 0.5) is 0 Å². The van der Waals surface area contributed by atoms with Crippen LogP contribution in [0.2, 0.25) is 0 Å². The van der Waals surface area contributed by atoms with E-state index in [1.54, 1.807) is 0 Å². The topological polar surface area (TPSA) is 15.3 Å². The molecule has 1 aliphatic heterocycles. The standard InChI is InChI=1S/C17H34N2/c1-5-10-18-15-8-7-14(6-2)12-16(15)19-11-9-17(3,4)13-19/h14-16,18H,5-13H2,1-4H3. The van der Waals surface area contributed by atoms with Crippen LogP contribution < -0.4 is 5.32 Å². The third kappa shape index (κ3) is 3.95. The Hall–Kier alpha value is -0.0800. The third-order valence-electron chi connectivity index (χ3n) is 5.34. The zero-order valence-corrected chi connectivity index (χ0v) is 13.5. The van der Waals surface area contributed by atoms with Gasteiger partial charge in [-0.05, 0) is 56.5 Å². The molecule has 0 radical (unpaired) electrons. The molecule has 0 spiro atoms. The van der Waals surface area contributed by atoms with E-state index < -0.39 is 0 Å². The van der Waals surface area contributed by atoms with E-state index in [9.17, 15) is 0 Å². The minimum absolute atomic E-state index is 0.536. The van der Waals surface area contributed by atoms with Crippen molar-refractivity contribution in [2.45, 2.75) is 78.3 Å². The number of hydrogen-bond donors (Lipinski definition) is 1. The summed E-state index contributed by atoms with van der Waals surface area (Å²) >= 11 is 0. The van der Waals surface area contributed by atoms with Crippen molar-refractivity contribution in [2.24, 2.45) is 11.3 Å². The van der Waals surface area contributed by atoms with E-state index in [1.165, 1.54) is 58.2 Å². The van der Waals surface area contributed by atoms with Crippen LogP contribution in [-0.2, 0) is 0 Å². The molecule has 2 fully saturated rings. The largest absolute Gasteiger partial charge is 0.312 e. The van der Waals surface area contributed by atoms with Crippen LogP contribution in [0.3, 0.4) is 0 Å². The summed E-state index contributed by atoms with van der Waals surface area (Å²) in [6.45, 7) is 13.3. The van der Waals surface area contributed by atoms with E-state index in [2.05, 4.69) is 37.9 Å². The number of hydrogen-bond acceptors (Lipinski definition) is 2. The van der Waals surface area contributed by atoms with E-state index in [1.807, 2.05) is 0 Å². The molecular formula is C17H34N2. The highest BCUT2D eigenvalue weighted by Crippen LogP contribution is 2.36. The lowest BCUT2D eigenvalue weighted by Crippen LogP contribution is -2.53. The Morgan fingerprint density at radius 3 is 2.58 bits per heavy atom. The molecule has 1 saturated heterocycles. The van der Waals surface area contributed by atoms with Gasteiger partial charge < -0.3 is 5.32 Å². The van der Waals surface area contributed by atoms with Crippen molar-refractivity contribution >= 4 is 0 Å². The fourth-order valence-corrected chi connectivity index (χ4v) is 4.01. The fourth-order valence-electron chi connectivity index (χ4n) is 4.01. The first kappa shape index (κ1) is 15.3. The van der Waals surface area contributed by atoms with Gasteiger partial charge >= 0.3 is 0 Å². The number of nitrogens with one attached hydrogen (secondary N) is 1. The molecular weight excluding hydrogens is 232 g/mol. The van der Waals surface area contributed by atoms with Crippen molar-refractivity contribution in [3.05, 3.63) is 0 Å². The summed E-state index contributed by atoms with van der Waals surface area (Å²) < 4.78 is 0. The van der Waals surface area contributed by atoms with Gasteiger partial charge in [0.05, 0.1) is 0 Å². The molecule has 0 aromatic rings. The van der Waals surface area contributed by atoms with Gasteiger partial charge in [-0.1, -0.05) is 34.1 Å². The van der Waals surface area contributed by atoms with Crippen molar-refractivity contribution in [1.29, 1.82) is 0 Å². The maximum Gasteiger partial charge on any atom is 0.0252 e. The molecule has 19 heavy (non-hydrogen) atoms. The second-order valence-electron chi connectivity index (χ2n) is 7.60. The van der Waals surface area contributed by atoms with Crippen LogP contribution in [-0.4, -0.2) is 36.6 Å². The maximum atomic E-state index is 3.83. The molecule has 1 N–H and O–H groups in total. The lowest BCUT2D eigenvalue weighted by Gasteiger charge is -2.42. The van der Waals surface area contributed by atoms with E-state index in [0.29, 0.717) is 5.41 Å². The van der Waals surface area contributed by atoms with Crippen LogP contribution in [0.1, 0.15) is 66.2 Å². The molecule has 2 aliphatic rings. The predicted octanol–water partition coefficient (Wildman–Crippen LogP) is 3.67. The van der Waals surface area contributed by atoms with Crippen molar-refractivity contribution in [1.82, 2.24) is 10.2 Å². The van der Waals surface area contributed by atoms with Crippen molar-refractivity contribution < 1.29 is 0 Å². The van der Waals surface area contributed by atoms with Gasteiger partial charge in [-0.3, -0.25) is 4.90 Å². The number of nitrogens with zero attached hydrogens (tertiary/aromatic N) is 1. The maximum absolute atomic E-state index is 3.83. The van der Waals surface area contributed by atoms with Gasteiger partial charge in [0.2, 0.25) is 0 Å². The first-order chi connectivity index (χ1) is 9.05. The molecule has 1 heterocycles. The molecule has 2 heteroatoms. The molecule has 0 bridgehead atoms. The summed E-state index contributed by atoms with van der Waals surface area (Å²) in [4.78, 5) is 2.80. The molecule has 3 atom stereocenters. The van der Waals surface area contributed by atoms with Gasteiger partial charge in [-0.25, -0.2) is 0 Å². The van der Waals surface area contributed by atoms with Crippen LogP contribution in [0.25, 0.3) is 0 Å². The summed E-state index contributed by atoms with van der Waals surface area (Å²) in [6.07, 6.45) is 8.25. The van der Waals surface area contributed by atoms with E-state index in [0.717, 1.165) is 18.0 Å². The highest BCUT2D eigenvalue weighted by Gasteiger charge is 2.39. The van der Waals surface area contributed by atoms with Gasteiger partial charge in [0.1, 0.15) is 0 Å². The summed E-state index contributed by atoms with van der Waals surface area (Å²) in [5.74, 6) is 0.966. The fraction of sp³-hybridized carbons (Fsp3) is 1.00. The van der Waals surface area contributed by atoms with Crippen molar-refractivity contribution in [3.8, 4) is 0 Å². The van der Waals surface area contributed by atoms with Crippen molar-refractivity contribution in [3.63, 3.8) is 0 Å². The third-order valence-corrected chi connectivity index (χ3v) is 5.34. The van der Waals surface area contributed by atoms with Gasteiger partial charge in [-0.2, -0.15) is 0 Å². The van der Waals surface area contributed by atoms with Gasteiger partial charge in [0, 0.05) is 18.6 Å². The van der Waals surface area contributed by atoms with Crippen LogP contribution in [0.15, 0.2) is 0 Å². The quantitative estimate of drug-likeness (QED) is 0.817. The Kier molecular flexibility index (Phi) is 5.30. The second kappa shape index (κ2) is 6.58. The lowest BCUT2D eigenvalue weighted by atomic mass is 9.80. The Morgan fingerprint density at radius 2 is 2.00 bits per heavy atom. The van der Waals surface area contributed by atoms with Crippen LogP contribution in [0.5, 0.6) is 0 Å². The SMILES string of the molecule is CCCNC1CCC(CC)CC1N1CCC(C)(C)C1. The Labute approximate surface area is 120 Å². The molecule has 1 saturated carbocycles. The van der Waals surface area contributed by atoms with E-state index >= 15 is 0 Å². The minimum atomic E-state index is 0.536. The van der Waals surface area contributed by atoms with Gasteiger partial charge in [0.15, 0.2) is 0 Å². The Morgan fingerprint density at radius 1 is 1.21 bits per heavy atom. The minimum Gasteiger partial charge on any atom is -0.312 e. The molecule has 0 aromatic heterocycles. The molecule has 0 amide bonds. The first-order valence-electron chi connectivity index (χ1n) is 8.53. The van der Waals surface area contributed by atoms with Gasteiger partial charge in [-0.15, -0.1) is 0 Å². The predicted molar refractivity (Wildman–Crippen MR) is 83.5 cm³/mol. The Balaban J connectivity index is 1.98.